The number of hydrogen-bond donors (Lipinski definition) is 0. The Kier molecular flexibility index (Phi) is 5.28. The summed E-state index contributed by atoms with van der Waals surface area (Å²) in [5, 5.41) is 0. The maximum atomic E-state index is 12.5. The third-order valence-corrected chi connectivity index (χ3v) is 3.16. The summed E-state index contributed by atoms with van der Waals surface area (Å²) in [5.41, 5.74) is -0.737. The predicted molar refractivity (Wildman–Crippen MR) is 83.3 cm³/mol. The van der Waals surface area contributed by atoms with E-state index in [1.54, 1.807) is 31.2 Å². The summed E-state index contributed by atoms with van der Waals surface area (Å²) in [6.45, 7) is 4.99. The van der Waals surface area contributed by atoms with Gasteiger partial charge < -0.3 is 9.47 Å². The molecule has 6 heteroatoms. The van der Waals surface area contributed by atoms with Crippen molar-refractivity contribution in [2.24, 2.45) is 0 Å². The smallest absolute Gasteiger partial charge is 0.416 e. The van der Waals surface area contributed by atoms with E-state index in [-0.39, 0.29) is 11.5 Å². The van der Waals surface area contributed by atoms with Gasteiger partial charge in [0, 0.05) is 0 Å². The zero-order chi connectivity index (χ0) is 17.7. The zero-order valence-corrected chi connectivity index (χ0v) is 12.8. The monoisotopic (exact) mass is 336 g/mol. The first-order chi connectivity index (χ1) is 11.3. The zero-order valence-electron chi connectivity index (χ0n) is 12.8. The van der Waals surface area contributed by atoms with Gasteiger partial charge in [-0.25, -0.2) is 0 Å². The molecular weight excluding hydrogens is 321 g/mol. The fraction of sp³-hybridized carbons (Fsp3) is 0.167. The van der Waals surface area contributed by atoms with Crippen molar-refractivity contribution in [1.82, 2.24) is 0 Å². The highest BCUT2D eigenvalue weighted by atomic mass is 19.4. The van der Waals surface area contributed by atoms with Crippen LogP contribution in [0, 0.1) is 0 Å². The van der Waals surface area contributed by atoms with E-state index in [0.29, 0.717) is 11.5 Å². The van der Waals surface area contributed by atoms with Crippen molar-refractivity contribution < 1.29 is 27.4 Å². The van der Waals surface area contributed by atoms with Crippen LogP contribution in [-0.2, 0) is 11.0 Å². The Morgan fingerprint density at radius 3 is 1.92 bits per heavy atom. The Bertz CT molecular complexity index is 704. The van der Waals surface area contributed by atoms with Gasteiger partial charge >= 0.3 is 6.18 Å². The second-order valence-electron chi connectivity index (χ2n) is 4.96. The summed E-state index contributed by atoms with van der Waals surface area (Å²) in [4.78, 5) is 11.4. The standard InChI is InChI=1S/C18H15F3O3/c1-3-17(22)12(2)23-14-8-10-16(11-9-14)24-15-6-4-13(5-7-15)18(19,20)21/h3-12H,1H2,2H3. The summed E-state index contributed by atoms with van der Waals surface area (Å²) < 4.78 is 48.4. The molecule has 0 fully saturated rings. The lowest BCUT2D eigenvalue weighted by Crippen LogP contribution is -2.21. The molecule has 0 heterocycles. The first-order valence-electron chi connectivity index (χ1n) is 7.07. The average molecular weight is 336 g/mol. The average Bonchev–Trinajstić information content (AvgIpc) is 2.55. The summed E-state index contributed by atoms with van der Waals surface area (Å²) in [6.07, 6.45) is -3.84. The molecule has 2 rings (SSSR count). The number of hydrogen-bond acceptors (Lipinski definition) is 3. The second-order valence-corrected chi connectivity index (χ2v) is 4.96. The van der Waals surface area contributed by atoms with Gasteiger partial charge in [-0.1, -0.05) is 6.58 Å². The van der Waals surface area contributed by atoms with E-state index in [1.807, 2.05) is 0 Å². The Labute approximate surface area is 137 Å². The van der Waals surface area contributed by atoms with E-state index in [2.05, 4.69) is 6.58 Å². The number of halogens is 3. The van der Waals surface area contributed by atoms with Crippen molar-refractivity contribution in [2.45, 2.75) is 19.2 Å². The largest absolute Gasteiger partial charge is 0.483 e. The summed E-state index contributed by atoms with van der Waals surface area (Å²) in [5.74, 6) is 0.953. The maximum Gasteiger partial charge on any atom is 0.416 e. The first kappa shape index (κ1) is 17.6. The van der Waals surface area contributed by atoms with Gasteiger partial charge in [0.25, 0.3) is 0 Å². The van der Waals surface area contributed by atoms with Gasteiger partial charge in [0.15, 0.2) is 11.9 Å². The van der Waals surface area contributed by atoms with Gasteiger partial charge in [-0.15, -0.1) is 0 Å². The molecule has 0 radical (unpaired) electrons. The van der Waals surface area contributed by atoms with Crippen LogP contribution in [0.3, 0.4) is 0 Å². The fourth-order valence-electron chi connectivity index (χ4n) is 1.86. The number of ether oxygens (including phenoxy) is 2. The Morgan fingerprint density at radius 2 is 1.46 bits per heavy atom. The minimum absolute atomic E-state index is 0.236. The number of benzene rings is 2. The maximum absolute atomic E-state index is 12.5. The summed E-state index contributed by atoms with van der Waals surface area (Å²) in [7, 11) is 0. The molecule has 0 aliphatic heterocycles. The van der Waals surface area contributed by atoms with Gasteiger partial charge in [-0.2, -0.15) is 13.2 Å². The normalized spacial score (nSPS) is 12.3. The molecule has 24 heavy (non-hydrogen) atoms. The molecule has 1 unspecified atom stereocenters. The number of rotatable bonds is 6. The van der Waals surface area contributed by atoms with Crippen LogP contribution in [0.1, 0.15) is 12.5 Å². The van der Waals surface area contributed by atoms with E-state index in [0.717, 1.165) is 12.1 Å². The van der Waals surface area contributed by atoms with Crippen molar-refractivity contribution in [2.75, 3.05) is 0 Å². The molecule has 0 aliphatic rings. The Hall–Kier alpha value is -2.76. The lowest BCUT2D eigenvalue weighted by Gasteiger charge is -2.12. The SMILES string of the molecule is C=CC(=O)C(C)Oc1ccc(Oc2ccc(C(F)(F)F)cc2)cc1. The molecule has 0 amide bonds. The molecular formula is C18H15F3O3. The molecule has 126 valence electrons. The second kappa shape index (κ2) is 7.21. The fourth-order valence-corrected chi connectivity index (χ4v) is 1.86. The van der Waals surface area contributed by atoms with Crippen LogP contribution in [0.2, 0.25) is 0 Å². The van der Waals surface area contributed by atoms with Crippen LogP contribution in [-0.4, -0.2) is 11.9 Å². The van der Waals surface area contributed by atoms with Crippen LogP contribution in [0.5, 0.6) is 17.2 Å². The molecule has 0 saturated carbocycles. The van der Waals surface area contributed by atoms with Crippen molar-refractivity contribution in [3.63, 3.8) is 0 Å². The minimum atomic E-state index is -4.38. The molecule has 0 aromatic heterocycles. The van der Waals surface area contributed by atoms with E-state index in [4.69, 9.17) is 9.47 Å². The van der Waals surface area contributed by atoms with E-state index in [1.165, 1.54) is 18.2 Å². The number of carbonyl (C=O) groups is 1. The van der Waals surface area contributed by atoms with Crippen LogP contribution in [0.15, 0.2) is 61.2 Å². The highest BCUT2D eigenvalue weighted by Gasteiger charge is 2.30. The van der Waals surface area contributed by atoms with E-state index < -0.39 is 17.8 Å². The first-order valence-corrected chi connectivity index (χ1v) is 7.07. The number of alkyl halides is 3. The third kappa shape index (κ3) is 4.62. The van der Waals surface area contributed by atoms with Crippen LogP contribution >= 0.6 is 0 Å². The topological polar surface area (TPSA) is 35.5 Å². The molecule has 2 aromatic carbocycles. The van der Waals surface area contributed by atoms with Gasteiger partial charge in [0.05, 0.1) is 5.56 Å². The Balaban J connectivity index is 2.01. The molecule has 0 saturated heterocycles. The minimum Gasteiger partial charge on any atom is -0.483 e. The summed E-state index contributed by atoms with van der Waals surface area (Å²) in [6, 6.07) is 10.8. The third-order valence-electron chi connectivity index (χ3n) is 3.16. The molecule has 3 nitrogen and oxygen atoms in total. The molecule has 0 aliphatic carbocycles. The predicted octanol–water partition coefficient (Wildman–Crippen LogP) is 5.02. The van der Waals surface area contributed by atoms with Crippen molar-refractivity contribution in [3.05, 3.63) is 66.7 Å². The van der Waals surface area contributed by atoms with Gasteiger partial charge in [-0.3, -0.25) is 4.79 Å². The van der Waals surface area contributed by atoms with Gasteiger partial charge in [-0.05, 0) is 61.5 Å². The molecule has 0 N–H and O–H groups in total. The van der Waals surface area contributed by atoms with Crippen molar-refractivity contribution >= 4 is 5.78 Å². The molecule has 1 atom stereocenters. The van der Waals surface area contributed by atoms with Crippen LogP contribution in [0.4, 0.5) is 13.2 Å². The van der Waals surface area contributed by atoms with Gasteiger partial charge in [0.2, 0.25) is 0 Å². The highest BCUT2D eigenvalue weighted by molar-refractivity contribution is 5.92. The quantitative estimate of drug-likeness (QED) is 0.695. The van der Waals surface area contributed by atoms with Crippen molar-refractivity contribution in [3.8, 4) is 17.2 Å². The van der Waals surface area contributed by atoms with Crippen molar-refractivity contribution in [1.29, 1.82) is 0 Å². The summed E-state index contributed by atoms with van der Waals surface area (Å²) >= 11 is 0. The molecule has 2 aromatic rings. The molecule has 0 spiro atoms. The lowest BCUT2D eigenvalue weighted by molar-refractivity contribution is -0.137. The van der Waals surface area contributed by atoms with E-state index >= 15 is 0 Å². The molecule has 0 bridgehead atoms. The Morgan fingerprint density at radius 1 is 1.00 bits per heavy atom. The van der Waals surface area contributed by atoms with E-state index in [9.17, 15) is 18.0 Å². The highest BCUT2D eigenvalue weighted by Crippen LogP contribution is 2.31. The van der Waals surface area contributed by atoms with Crippen LogP contribution < -0.4 is 9.47 Å². The van der Waals surface area contributed by atoms with Gasteiger partial charge in [0.1, 0.15) is 17.2 Å². The van der Waals surface area contributed by atoms with Crippen LogP contribution in [0.25, 0.3) is 0 Å². The number of ketones is 1. The lowest BCUT2D eigenvalue weighted by atomic mass is 10.2. The number of carbonyl (C=O) groups excluding carboxylic acids is 1.